The fraction of sp³-hybridized carbons (Fsp3) is 0.0588. The summed E-state index contributed by atoms with van der Waals surface area (Å²) in [6, 6.07) is 14.5. The monoisotopic (exact) mass is 334 g/mol. The molecule has 124 valence electrons. The average Bonchev–Trinajstić information content (AvgIpc) is 2.55. The highest BCUT2D eigenvalue weighted by molar-refractivity contribution is 6.02. The summed E-state index contributed by atoms with van der Waals surface area (Å²) in [6.45, 7) is 0. The number of alkyl halides is 3. The highest BCUT2D eigenvalue weighted by Crippen LogP contribution is 2.19. The van der Waals surface area contributed by atoms with Crippen molar-refractivity contribution in [1.29, 1.82) is 0 Å². The smallest absolute Gasteiger partial charge is 0.323 e. The van der Waals surface area contributed by atoms with E-state index >= 15 is 0 Å². The lowest BCUT2D eigenvalue weighted by Crippen LogP contribution is -2.29. The van der Waals surface area contributed by atoms with E-state index in [-0.39, 0.29) is 11.6 Å². The summed E-state index contributed by atoms with van der Waals surface area (Å²) in [5, 5.41) is 4.28. The van der Waals surface area contributed by atoms with Gasteiger partial charge in [-0.05, 0) is 35.9 Å². The predicted octanol–water partition coefficient (Wildman–Crippen LogP) is 3.84. The molecule has 2 rings (SSSR count). The van der Waals surface area contributed by atoms with E-state index < -0.39 is 12.1 Å². The van der Waals surface area contributed by atoms with Gasteiger partial charge in [0, 0.05) is 17.5 Å². The Hall–Kier alpha value is -3.09. The van der Waals surface area contributed by atoms with Crippen LogP contribution >= 0.6 is 0 Å². The summed E-state index contributed by atoms with van der Waals surface area (Å²) >= 11 is 0. The summed E-state index contributed by atoms with van der Waals surface area (Å²) in [5.41, 5.74) is 1.23. The molecule has 0 aliphatic heterocycles. The number of hydrogen-bond acceptors (Lipinski definition) is 2. The Morgan fingerprint density at radius 1 is 0.833 bits per heavy atom. The summed E-state index contributed by atoms with van der Waals surface area (Å²) in [6.07, 6.45) is -1.98. The third kappa shape index (κ3) is 5.28. The van der Waals surface area contributed by atoms with Crippen LogP contribution in [0.15, 0.2) is 60.7 Å². The molecule has 2 N–H and O–H groups in total. The van der Waals surface area contributed by atoms with E-state index in [1.807, 2.05) is 30.3 Å². The van der Waals surface area contributed by atoms with E-state index in [2.05, 4.69) is 5.32 Å². The minimum absolute atomic E-state index is 0.0184. The second-order valence-corrected chi connectivity index (χ2v) is 4.76. The molecular weight excluding hydrogens is 321 g/mol. The lowest BCUT2D eigenvalue weighted by atomic mass is 10.2. The summed E-state index contributed by atoms with van der Waals surface area (Å²) in [5.74, 6) is -2.43. The first-order chi connectivity index (χ1) is 11.3. The van der Waals surface area contributed by atoms with Crippen LogP contribution in [0.5, 0.6) is 0 Å². The molecule has 0 unspecified atom stereocenters. The van der Waals surface area contributed by atoms with Crippen molar-refractivity contribution in [3.8, 4) is 0 Å². The average molecular weight is 334 g/mol. The zero-order valence-electron chi connectivity index (χ0n) is 12.3. The number of amides is 2. The zero-order valence-corrected chi connectivity index (χ0v) is 12.3. The van der Waals surface area contributed by atoms with Crippen molar-refractivity contribution in [2.75, 3.05) is 10.6 Å². The molecule has 24 heavy (non-hydrogen) atoms. The number of carbonyl (C=O) groups is 2. The van der Waals surface area contributed by atoms with E-state index in [9.17, 15) is 22.8 Å². The minimum atomic E-state index is -4.95. The third-order valence-corrected chi connectivity index (χ3v) is 2.89. The van der Waals surface area contributed by atoms with Crippen LogP contribution in [0, 0.1) is 0 Å². The molecule has 0 saturated heterocycles. The SMILES string of the molecule is O=C(/C=C/c1ccccc1)Nc1ccc(NC(=O)C(F)(F)F)cc1. The summed E-state index contributed by atoms with van der Waals surface area (Å²) < 4.78 is 36.4. The van der Waals surface area contributed by atoms with Crippen molar-refractivity contribution >= 4 is 29.3 Å². The molecule has 0 aliphatic carbocycles. The first kappa shape index (κ1) is 17.3. The molecule has 2 amide bonds. The summed E-state index contributed by atoms with van der Waals surface area (Å²) in [4.78, 5) is 22.6. The van der Waals surface area contributed by atoms with Crippen molar-refractivity contribution in [1.82, 2.24) is 0 Å². The number of halogens is 3. The van der Waals surface area contributed by atoms with Crippen LogP contribution in [0.1, 0.15) is 5.56 Å². The molecular formula is C17H13F3N2O2. The first-order valence-corrected chi connectivity index (χ1v) is 6.87. The Kier molecular flexibility index (Phi) is 5.36. The number of rotatable bonds is 4. The van der Waals surface area contributed by atoms with Crippen LogP contribution in [0.2, 0.25) is 0 Å². The predicted molar refractivity (Wildman–Crippen MR) is 85.2 cm³/mol. The molecule has 0 atom stereocenters. The Morgan fingerprint density at radius 2 is 1.38 bits per heavy atom. The molecule has 2 aromatic rings. The Labute approximate surface area is 136 Å². The van der Waals surface area contributed by atoms with Crippen LogP contribution in [0.25, 0.3) is 6.08 Å². The summed E-state index contributed by atoms with van der Waals surface area (Å²) in [7, 11) is 0. The molecule has 0 bridgehead atoms. The van der Waals surface area contributed by atoms with Gasteiger partial charge >= 0.3 is 12.1 Å². The largest absolute Gasteiger partial charge is 0.471 e. The van der Waals surface area contributed by atoms with Gasteiger partial charge < -0.3 is 10.6 Å². The number of carbonyl (C=O) groups excluding carboxylic acids is 2. The van der Waals surface area contributed by atoms with Crippen molar-refractivity contribution in [2.45, 2.75) is 6.18 Å². The van der Waals surface area contributed by atoms with Crippen LogP contribution in [0.4, 0.5) is 24.5 Å². The lowest BCUT2D eigenvalue weighted by molar-refractivity contribution is -0.167. The highest BCUT2D eigenvalue weighted by Gasteiger charge is 2.38. The zero-order chi connectivity index (χ0) is 17.6. The Bertz CT molecular complexity index is 739. The first-order valence-electron chi connectivity index (χ1n) is 6.87. The van der Waals surface area contributed by atoms with Gasteiger partial charge in [0.15, 0.2) is 0 Å². The van der Waals surface area contributed by atoms with Gasteiger partial charge in [-0.2, -0.15) is 13.2 Å². The quantitative estimate of drug-likeness (QED) is 0.835. The minimum Gasteiger partial charge on any atom is -0.323 e. The fourth-order valence-corrected chi connectivity index (χ4v) is 1.76. The highest BCUT2D eigenvalue weighted by atomic mass is 19.4. The molecule has 0 saturated carbocycles. The topological polar surface area (TPSA) is 58.2 Å². The number of anilines is 2. The van der Waals surface area contributed by atoms with Gasteiger partial charge in [-0.15, -0.1) is 0 Å². The van der Waals surface area contributed by atoms with Crippen molar-refractivity contribution < 1.29 is 22.8 Å². The maximum absolute atomic E-state index is 12.1. The molecule has 0 radical (unpaired) electrons. The fourth-order valence-electron chi connectivity index (χ4n) is 1.76. The second-order valence-electron chi connectivity index (χ2n) is 4.76. The second kappa shape index (κ2) is 7.45. The molecule has 4 nitrogen and oxygen atoms in total. The molecule has 0 fully saturated rings. The van der Waals surface area contributed by atoms with E-state index in [4.69, 9.17) is 0 Å². The molecule has 2 aromatic carbocycles. The maximum Gasteiger partial charge on any atom is 0.471 e. The van der Waals surface area contributed by atoms with Crippen LogP contribution in [-0.2, 0) is 9.59 Å². The van der Waals surface area contributed by atoms with Crippen LogP contribution in [0.3, 0.4) is 0 Å². The van der Waals surface area contributed by atoms with Gasteiger partial charge in [-0.25, -0.2) is 0 Å². The lowest BCUT2D eigenvalue weighted by Gasteiger charge is -2.08. The molecule has 0 aliphatic rings. The van der Waals surface area contributed by atoms with E-state index in [1.54, 1.807) is 11.4 Å². The van der Waals surface area contributed by atoms with Crippen molar-refractivity contribution in [3.63, 3.8) is 0 Å². The van der Waals surface area contributed by atoms with Gasteiger partial charge in [0.05, 0.1) is 0 Å². The van der Waals surface area contributed by atoms with E-state index in [0.717, 1.165) is 5.56 Å². The van der Waals surface area contributed by atoms with Crippen molar-refractivity contribution in [2.24, 2.45) is 0 Å². The molecule has 0 heterocycles. The third-order valence-electron chi connectivity index (χ3n) is 2.89. The molecule has 0 aromatic heterocycles. The van der Waals surface area contributed by atoms with Gasteiger partial charge in [-0.1, -0.05) is 30.3 Å². The standard InChI is InChI=1S/C17H13F3N2O2/c18-17(19,20)16(24)22-14-9-7-13(8-10-14)21-15(23)11-6-12-4-2-1-3-5-12/h1-11H,(H,21,23)(H,22,24)/b11-6+. The Balaban J connectivity index is 1.93. The molecule has 0 spiro atoms. The van der Waals surface area contributed by atoms with Gasteiger partial charge in [0.2, 0.25) is 5.91 Å². The number of hydrogen-bond donors (Lipinski definition) is 2. The van der Waals surface area contributed by atoms with E-state index in [1.165, 1.54) is 30.3 Å². The maximum atomic E-state index is 12.1. The normalized spacial score (nSPS) is 11.3. The number of nitrogens with one attached hydrogen (secondary N) is 2. The molecule has 7 heteroatoms. The van der Waals surface area contributed by atoms with Gasteiger partial charge in [0.25, 0.3) is 0 Å². The Morgan fingerprint density at radius 3 is 1.92 bits per heavy atom. The van der Waals surface area contributed by atoms with Crippen LogP contribution in [-0.4, -0.2) is 18.0 Å². The van der Waals surface area contributed by atoms with Crippen molar-refractivity contribution in [3.05, 3.63) is 66.2 Å². The van der Waals surface area contributed by atoms with Gasteiger partial charge in [0.1, 0.15) is 0 Å². The van der Waals surface area contributed by atoms with Crippen LogP contribution < -0.4 is 10.6 Å². The van der Waals surface area contributed by atoms with E-state index in [0.29, 0.717) is 5.69 Å². The van der Waals surface area contributed by atoms with Gasteiger partial charge in [-0.3, -0.25) is 9.59 Å². The number of benzene rings is 2.